The van der Waals surface area contributed by atoms with Gasteiger partial charge in [-0.1, -0.05) is 30.7 Å². The van der Waals surface area contributed by atoms with Crippen LogP contribution < -0.4 is 5.32 Å². The van der Waals surface area contributed by atoms with Crippen LogP contribution in [0.1, 0.15) is 29.7 Å². The van der Waals surface area contributed by atoms with Crippen molar-refractivity contribution in [1.29, 1.82) is 0 Å². The summed E-state index contributed by atoms with van der Waals surface area (Å²) in [5.74, 6) is -2.27. The van der Waals surface area contributed by atoms with Crippen LogP contribution in [0.15, 0.2) is 30.3 Å². The van der Waals surface area contributed by atoms with Gasteiger partial charge in [0.15, 0.2) is 11.6 Å². The van der Waals surface area contributed by atoms with E-state index in [4.69, 9.17) is 11.6 Å². The SMILES string of the molecule is CCNC(c1ccc(F)c(C)c1)c1cc(F)c(F)cc1Cl. The minimum absolute atomic E-state index is 0.127. The molecule has 0 radical (unpaired) electrons. The molecule has 5 heteroatoms. The molecule has 21 heavy (non-hydrogen) atoms. The zero-order valence-electron chi connectivity index (χ0n) is 11.7. The fourth-order valence-corrected chi connectivity index (χ4v) is 2.48. The Hall–Kier alpha value is -1.52. The molecular weight excluding hydrogens is 299 g/mol. The molecular formula is C16H15ClF3N. The van der Waals surface area contributed by atoms with Crippen LogP contribution in [-0.2, 0) is 0 Å². The Morgan fingerprint density at radius 1 is 1.05 bits per heavy atom. The lowest BCUT2D eigenvalue weighted by Crippen LogP contribution is -2.22. The van der Waals surface area contributed by atoms with Crippen LogP contribution in [-0.4, -0.2) is 6.54 Å². The molecule has 1 unspecified atom stereocenters. The third kappa shape index (κ3) is 3.39. The molecule has 2 aromatic carbocycles. The number of hydrogen-bond acceptors (Lipinski definition) is 1. The van der Waals surface area contributed by atoms with Crippen LogP contribution in [0.5, 0.6) is 0 Å². The van der Waals surface area contributed by atoms with Gasteiger partial charge in [0, 0.05) is 5.02 Å². The van der Waals surface area contributed by atoms with Crippen molar-refractivity contribution in [3.8, 4) is 0 Å². The van der Waals surface area contributed by atoms with Gasteiger partial charge in [-0.25, -0.2) is 13.2 Å². The third-order valence-electron chi connectivity index (χ3n) is 3.27. The second kappa shape index (κ2) is 6.50. The van der Waals surface area contributed by atoms with Gasteiger partial charge >= 0.3 is 0 Å². The predicted molar refractivity (Wildman–Crippen MR) is 78.0 cm³/mol. The lowest BCUT2D eigenvalue weighted by atomic mass is 9.96. The maximum atomic E-state index is 13.5. The summed E-state index contributed by atoms with van der Waals surface area (Å²) in [6.45, 7) is 4.13. The Kier molecular flexibility index (Phi) is 4.91. The van der Waals surface area contributed by atoms with E-state index in [1.54, 1.807) is 19.1 Å². The number of rotatable bonds is 4. The number of benzene rings is 2. The summed E-state index contributed by atoms with van der Waals surface area (Å²) in [5, 5.41) is 3.28. The van der Waals surface area contributed by atoms with Gasteiger partial charge in [-0.3, -0.25) is 0 Å². The van der Waals surface area contributed by atoms with E-state index in [0.717, 1.165) is 17.7 Å². The highest BCUT2D eigenvalue weighted by Gasteiger charge is 2.19. The molecule has 0 fully saturated rings. The highest BCUT2D eigenvalue weighted by molar-refractivity contribution is 6.31. The van der Waals surface area contributed by atoms with Gasteiger partial charge in [0.05, 0.1) is 6.04 Å². The lowest BCUT2D eigenvalue weighted by molar-refractivity contribution is 0.504. The summed E-state index contributed by atoms with van der Waals surface area (Å²) in [4.78, 5) is 0. The van der Waals surface area contributed by atoms with Gasteiger partial charge in [0.25, 0.3) is 0 Å². The number of halogens is 4. The fraction of sp³-hybridized carbons (Fsp3) is 0.250. The maximum Gasteiger partial charge on any atom is 0.160 e. The summed E-state index contributed by atoms with van der Waals surface area (Å²) < 4.78 is 40.1. The van der Waals surface area contributed by atoms with Crippen LogP contribution in [0.3, 0.4) is 0 Å². The summed E-state index contributed by atoms with van der Waals surface area (Å²) in [6.07, 6.45) is 0. The van der Waals surface area contributed by atoms with E-state index in [1.165, 1.54) is 6.07 Å². The molecule has 1 atom stereocenters. The van der Waals surface area contributed by atoms with E-state index in [2.05, 4.69) is 5.32 Å². The average molecular weight is 314 g/mol. The molecule has 0 aliphatic heterocycles. The second-order valence-electron chi connectivity index (χ2n) is 4.79. The number of hydrogen-bond donors (Lipinski definition) is 1. The summed E-state index contributed by atoms with van der Waals surface area (Å²) >= 11 is 6.03. The molecule has 1 nitrogen and oxygen atoms in total. The van der Waals surface area contributed by atoms with Crippen LogP contribution in [0.25, 0.3) is 0 Å². The standard InChI is InChI=1S/C16H15ClF3N/c1-3-21-16(10-4-5-13(18)9(2)6-10)11-7-14(19)15(20)8-12(11)17/h4-8,16,21H,3H2,1-2H3. The number of aryl methyl sites for hydroxylation is 1. The highest BCUT2D eigenvalue weighted by Crippen LogP contribution is 2.31. The van der Waals surface area contributed by atoms with Crippen LogP contribution in [0, 0.1) is 24.4 Å². The Balaban J connectivity index is 2.52. The minimum atomic E-state index is -0.991. The van der Waals surface area contributed by atoms with E-state index in [9.17, 15) is 13.2 Å². The highest BCUT2D eigenvalue weighted by atomic mass is 35.5. The zero-order valence-corrected chi connectivity index (χ0v) is 12.4. The Morgan fingerprint density at radius 3 is 2.33 bits per heavy atom. The normalized spacial score (nSPS) is 12.5. The van der Waals surface area contributed by atoms with Crippen molar-refractivity contribution in [1.82, 2.24) is 5.32 Å². The first-order valence-corrected chi connectivity index (χ1v) is 6.95. The van der Waals surface area contributed by atoms with Gasteiger partial charge in [-0.2, -0.15) is 0 Å². The quantitative estimate of drug-likeness (QED) is 0.802. The van der Waals surface area contributed by atoms with Gasteiger partial charge in [0.2, 0.25) is 0 Å². The third-order valence-corrected chi connectivity index (χ3v) is 3.60. The Morgan fingerprint density at radius 2 is 1.71 bits per heavy atom. The largest absolute Gasteiger partial charge is 0.306 e. The van der Waals surface area contributed by atoms with Crippen LogP contribution in [0.2, 0.25) is 5.02 Å². The molecule has 0 aliphatic rings. The first kappa shape index (κ1) is 15.9. The molecule has 2 aromatic rings. The molecule has 0 saturated heterocycles. The second-order valence-corrected chi connectivity index (χ2v) is 5.19. The van der Waals surface area contributed by atoms with Crippen molar-refractivity contribution < 1.29 is 13.2 Å². The minimum Gasteiger partial charge on any atom is -0.306 e. The van der Waals surface area contributed by atoms with E-state index < -0.39 is 17.7 Å². The molecule has 0 saturated carbocycles. The van der Waals surface area contributed by atoms with Crippen molar-refractivity contribution in [3.63, 3.8) is 0 Å². The first-order chi connectivity index (χ1) is 9.93. The summed E-state index contributed by atoms with van der Waals surface area (Å²) in [7, 11) is 0. The number of nitrogens with one attached hydrogen (secondary N) is 1. The van der Waals surface area contributed by atoms with Crippen molar-refractivity contribution >= 4 is 11.6 Å². The van der Waals surface area contributed by atoms with E-state index in [0.29, 0.717) is 17.7 Å². The Bertz CT molecular complexity index is 658. The van der Waals surface area contributed by atoms with Crippen molar-refractivity contribution in [2.45, 2.75) is 19.9 Å². The monoisotopic (exact) mass is 313 g/mol. The smallest absolute Gasteiger partial charge is 0.160 e. The lowest BCUT2D eigenvalue weighted by Gasteiger charge is -2.21. The molecule has 0 aliphatic carbocycles. The topological polar surface area (TPSA) is 12.0 Å². The molecule has 2 rings (SSSR count). The van der Waals surface area contributed by atoms with Crippen LogP contribution in [0.4, 0.5) is 13.2 Å². The molecule has 0 heterocycles. The molecule has 1 N–H and O–H groups in total. The molecule has 0 amide bonds. The van der Waals surface area contributed by atoms with Crippen LogP contribution >= 0.6 is 11.6 Å². The molecule has 0 spiro atoms. The zero-order chi connectivity index (χ0) is 15.6. The van der Waals surface area contributed by atoms with Crippen molar-refractivity contribution in [3.05, 3.63) is 69.5 Å². The van der Waals surface area contributed by atoms with Gasteiger partial charge < -0.3 is 5.32 Å². The summed E-state index contributed by atoms with van der Waals surface area (Å²) in [6, 6.07) is 6.21. The van der Waals surface area contributed by atoms with Gasteiger partial charge in [0.1, 0.15) is 5.82 Å². The van der Waals surface area contributed by atoms with Crippen molar-refractivity contribution in [2.24, 2.45) is 0 Å². The van der Waals surface area contributed by atoms with Gasteiger partial charge in [-0.15, -0.1) is 0 Å². The molecule has 112 valence electrons. The van der Waals surface area contributed by atoms with Crippen molar-refractivity contribution in [2.75, 3.05) is 6.54 Å². The molecule has 0 aromatic heterocycles. The van der Waals surface area contributed by atoms with E-state index >= 15 is 0 Å². The predicted octanol–water partition coefficient (Wildman–Crippen LogP) is 4.76. The summed E-state index contributed by atoms with van der Waals surface area (Å²) in [5.41, 5.74) is 1.64. The average Bonchev–Trinajstić information content (AvgIpc) is 2.44. The van der Waals surface area contributed by atoms with E-state index in [-0.39, 0.29) is 10.8 Å². The molecule has 0 bridgehead atoms. The van der Waals surface area contributed by atoms with Gasteiger partial charge in [-0.05, 0) is 48.4 Å². The Labute approximate surface area is 126 Å². The fourth-order valence-electron chi connectivity index (χ4n) is 2.22. The first-order valence-electron chi connectivity index (χ1n) is 6.58. The maximum absolute atomic E-state index is 13.5. The van der Waals surface area contributed by atoms with E-state index in [1.807, 2.05) is 6.92 Å².